The number of allylic oxidation sites excluding steroid dienone is 8. The maximum Gasteiger partial charge on any atom is -0.171 e. The molecule has 6 rings (SSSR count). The summed E-state index contributed by atoms with van der Waals surface area (Å²) in [6.07, 6.45) is 12.9. The molecule has 0 unspecified atom stereocenters. The summed E-state index contributed by atoms with van der Waals surface area (Å²) in [4.78, 5) is 0. The Hall–Kier alpha value is -2.48. The predicted molar refractivity (Wildman–Crippen MR) is 177 cm³/mol. The number of rotatable bonds is 2. The number of halogens is 2. The van der Waals surface area contributed by atoms with Gasteiger partial charge in [-0.2, -0.15) is 72.8 Å². The molecule has 0 amide bonds. The van der Waals surface area contributed by atoms with Gasteiger partial charge in [-0.1, -0.05) is 74.5 Å². The van der Waals surface area contributed by atoms with E-state index in [4.69, 9.17) is 0 Å². The van der Waals surface area contributed by atoms with Gasteiger partial charge in [-0.3, -0.25) is 12.2 Å². The third-order valence-electron chi connectivity index (χ3n) is 5.40. The molecule has 0 radical (unpaired) electrons. The molecular weight excluding hydrogens is 623 g/mol. The van der Waals surface area contributed by atoms with Crippen LogP contribution in [-0.2, 0) is 23.3 Å². The van der Waals surface area contributed by atoms with Gasteiger partial charge in [0.2, 0.25) is 0 Å². The van der Waals surface area contributed by atoms with E-state index in [9.17, 15) is 0 Å². The van der Waals surface area contributed by atoms with E-state index in [1.165, 1.54) is 33.4 Å². The van der Waals surface area contributed by atoms with Crippen molar-refractivity contribution in [2.45, 2.75) is 26.7 Å². The molecule has 4 heteroatoms. The molecule has 0 fully saturated rings. The molecule has 0 aliphatic heterocycles. The third kappa shape index (κ3) is 15.9. The summed E-state index contributed by atoms with van der Waals surface area (Å²) in [5.41, 5.74) is 7.92. The van der Waals surface area contributed by atoms with Gasteiger partial charge in [-0.15, -0.1) is 48.8 Å². The molecule has 4 aromatic carbocycles. The number of benzene rings is 4. The fraction of sp³-hybridized carbons (Fsp3) is 0.111. The molecule has 0 bridgehead atoms. The first-order chi connectivity index (χ1) is 18.7. The Morgan fingerprint density at radius 1 is 0.500 bits per heavy atom. The molecule has 0 spiro atoms. The first kappa shape index (κ1) is 37.5. The summed E-state index contributed by atoms with van der Waals surface area (Å²) in [7, 11) is 0. The monoisotopic (exact) mass is 656 g/mol. The zero-order chi connectivity index (χ0) is 27.3. The molecule has 2 aliphatic rings. The van der Waals surface area contributed by atoms with Crippen LogP contribution in [0, 0.1) is 24.3 Å². The normalized spacial score (nSPS) is 11.9. The third-order valence-corrected chi connectivity index (χ3v) is 5.40. The van der Waals surface area contributed by atoms with Crippen LogP contribution in [0.3, 0.4) is 0 Å². The zero-order valence-electron chi connectivity index (χ0n) is 23.1. The summed E-state index contributed by atoms with van der Waals surface area (Å²) in [5, 5.41) is 0. The van der Waals surface area contributed by atoms with Gasteiger partial charge in [0, 0.05) is 0 Å². The molecule has 0 nitrogen and oxygen atoms in total. The van der Waals surface area contributed by atoms with E-state index >= 15 is 0 Å². The van der Waals surface area contributed by atoms with E-state index in [0.29, 0.717) is 0 Å². The van der Waals surface area contributed by atoms with E-state index < -0.39 is 0 Å². The van der Waals surface area contributed by atoms with Crippen molar-refractivity contribution >= 4 is 42.8 Å². The Bertz CT molecular complexity index is 1130. The Morgan fingerprint density at radius 3 is 1.00 bits per heavy atom. The molecule has 206 valence electrons. The Kier molecular flexibility index (Phi) is 22.8. The molecule has 40 heavy (non-hydrogen) atoms. The van der Waals surface area contributed by atoms with Crippen molar-refractivity contribution in [3.05, 3.63) is 180 Å². The summed E-state index contributed by atoms with van der Waals surface area (Å²) in [5.74, 6) is 0. The average molecular weight is 659 g/mol. The second-order valence-electron chi connectivity index (χ2n) is 8.30. The van der Waals surface area contributed by atoms with Crippen molar-refractivity contribution < 1.29 is 23.3 Å². The van der Waals surface area contributed by atoms with Crippen LogP contribution >= 0.6 is 24.8 Å². The topological polar surface area (TPSA) is 0 Å². The van der Waals surface area contributed by atoms with Gasteiger partial charge in [0.05, 0.1) is 0 Å². The van der Waals surface area contributed by atoms with Crippen LogP contribution in [0.4, 0.5) is 0 Å². The summed E-state index contributed by atoms with van der Waals surface area (Å²) in [6.45, 7) is 6.14. The van der Waals surface area contributed by atoms with Crippen molar-refractivity contribution in [2.75, 3.05) is 0 Å². The number of hydrogen-bond donors (Lipinski definition) is 0. The van der Waals surface area contributed by atoms with Gasteiger partial charge < -0.3 is 0 Å². The fourth-order valence-electron chi connectivity index (χ4n) is 3.56. The standard InChI is InChI=1S/2C12H11.2C6H5.2ClH.H2Si.Zr/c2*1-10-7-8-12(9-10)11-5-3-2-4-6-11;2*1-2-4-6-5-3-1;;;;/h2*2-6,9H,8H2,1H3;2*1-5H;2*1H;1H2;/q4*-1;;;;. The van der Waals surface area contributed by atoms with Crippen molar-refractivity contribution in [3.63, 3.8) is 0 Å². The van der Waals surface area contributed by atoms with Gasteiger partial charge in [0.15, 0.2) is 0 Å². The minimum Gasteiger partial charge on any atom is -0.184 e. The maximum absolute atomic E-state index is 3.29. The second kappa shape index (κ2) is 24.3. The minimum atomic E-state index is 0. The molecule has 0 N–H and O–H groups in total. The van der Waals surface area contributed by atoms with Crippen molar-refractivity contribution in [3.8, 4) is 0 Å². The molecule has 0 heterocycles. The van der Waals surface area contributed by atoms with E-state index in [1.54, 1.807) is 23.3 Å². The van der Waals surface area contributed by atoms with Crippen molar-refractivity contribution in [2.24, 2.45) is 0 Å². The molecule has 0 saturated carbocycles. The first-order valence-corrected chi connectivity index (χ1v) is 18.5. The van der Waals surface area contributed by atoms with Crippen molar-refractivity contribution in [1.29, 1.82) is 0 Å². The Labute approximate surface area is 271 Å². The van der Waals surface area contributed by atoms with Gasteiger partial charge >= 0.3 is 30.2 Å². The fourth-order valence-corrected chi connectivity index (χ4v) is 3.56. The molecule has 4 aromatic rings. The largest absolute Gasteiger partial charge is 0.184 e. The van der Waals surface area contributed by atoms with Crippen LogP contribution in [-0.4, -0.2) is 6.88 Å². The average Bonchev–Trinajstić information content (AvgIpc) is 3.66. The molecule has 0 saturated heterocycles. The van der Waals surface area contributed by atoms with E-state index in [-0.39, 0.29) is 24.8 Å². The molecule has 2 aliphatic carbocycles. The summed E-state index contributed by atoms with van der Waals surface area (Å²) >= 11 is 1.58. The predicted octanol–water partition coefficient (Wildman–Crippen LogP) is 9.34. The van der Waals surface area contributed by atoms with Gasteiger partial charge in [0.25, 0.3) is 0 Å². The van der Waals surface area contributed by atoms with Crippen LogP contribution < -0.4 is 0 Å². The Balaban J connectivity index is 0.000000510. The smallest absolute Gasteiger partial charge is 0.171 e. The SMILES string of the molecule is CC1=[C-]CC(c2ccccc2)=C1.CC1=[C-]CC(c2ccccc2)=C1.Cl.Cl.[SiH2]=[Zr].[c-]1ccccc1.[c-]1ccccc1. The van der Waals surface area contributed by atoms with Gasteiger partial charge in [-0.05, 0) is 11.1 Å². The van der Waals surface area contributed by atoms with Gasteiger partial charge in [0.1, 0.15) is 0 Å². The molecular formula is C36H36Cl2SiZr-4. The summed E-state index contributed by atoms with van der Waals surface area (Å²) in [6, 6.07) is 46.0. The molecule has 0 atom stereocenters. The van der Waals surface area contributed by atoms with Gasteiger partial charge in [-0.25, -0.2) is 23.3 Å². The Morgan fingerprint density at radius 2 is 0.800 bits per heavy atom. The van der Waals surface area contributed by atoms with E-state index in [0.717, 1.165) is 12.8 Å². The van der Waals surface area contributed by atoms with Crippen LogP contribution in [0.15, 0.2) is 145 Å². The van der Waals surface area contributed by atoms with Crippen molar-refractivity contribution in [1.82, 2.24) is 0 Å². The maximum atomic E-state index is 3.29. The quantitative estimate of drug-likeness (QED) is 0.149. The zero-order valence-corrected chi connectivity index (χ0v) is 28.6. The van der Waals surface area contributed by atoms with Crippen LogP contribution in [0.25, 0.3) is 11.1 Å². The van der Waals surface area contributed by atoms with Crippen LogP contribution in [0.5, 0.6) is 0 Å². The minimum absolute atomic E-state index is 0. The number of hydrogen-bond acceptors (Lipinski definition) is 0. The second-order valence-corrected chi connectivity index (χ2v) is 8.30. The van der Waals surface area contributed by atoms with E-state index in [2.05, 4.69) is 98.8 Å². The molecule has 0 aromatic heterocycles. The van der Waals surface area contributed by atoms with Crippen LogP contribution in [0.2, 0.25) is 0 Å². The van der Waals surface area contributed by atoms with E-state index in [1.807, 2.05) is 79.7 Å². The summed E-state index contributed by atoms with van der Waals surface area (Å²) < 4.78 is 0. The van der Waals surface area contributed by atoms with Crippen LogP contribution in [0.1, 0.15) is 37.8 Å². The first-order valence-electron chi connectivity index (χ1n) is 12.6.